The van der Waals surface area contributed by atoms with Gasteiger partial charge in [0.15, 0.2) is 0 Å². The zero-order valence-electron chi connectivity index (χ0n) is 6.06. The van der Waals surface area contributed by atoms with E-state index in [0.29, 0.717) is 0 Å². The molecule has 0 aliphatic heterocycles. The van der Waals surface area contributed by atoms with Crippen molar-refractivity contribution < 1.29 is 19.7 Å². The average Bonchev–Trinajstić information content (AvgIpc) is 2.01. The van der Waals surface area contributed by atoms with E-state index < -0.39 is 12.1 Å². The maximum Gasteiger partial charge on any atom is 0.315 e. The van der Waals surface area contributed by atoms with Crippen LogP contribution in [0.15, 0.2) is 0 Å². The van der Waals surface area contributed by atoms with Crippen LogP contribution in [-0.2, 0) is 9.53 Å². The van der Waals surface area contributed by atoms with Gasteiger partial charge in [0.1, 0.15) is 6.61 Å². The molecule has 0 bridgehead atoms. The highest BCUT2D eigenvalue weighted by atomic mass is 32.1. The number of carbonyl (C=O) groups excluding carboxylic acids is 1. The predicted octanol–water partition coefficient (Wildman–Crippen LogP) is -0.797. The molecule has 0 spiro atoms. The van der Waals surface area contributed by atoms with Crippen LogP contribution in [0.1, 0.15) is 6.42 Å². The molecule has 1 unspecified atom stereocenters. The topological polar surface area (TPSA) is 66.8 Å². The lowest BCUT2D eigenvalue weighted by Gasteiger charge is -2.08. The zero-order valence-corrected chi connectivity index (χ0v) is 6.96. The number of esters is 1. The standard InChI is InChI=1S/C6H12O4S/c7-2-1-5(8)3-10-6(9)4-11/h5,7-8,11H,1-4H2. The van der Waals surface area contributed by atoms with Crippen LogP contribution in [0, 0.1) is 0 Å². The minimum absolute atomic E-state index is 0.00580. The minimum atomic E-state index is -0.774. The van der Waals surface area contributed by atoms with Crippen LogP contribution in [0.2, 0.25) is 0 Å². The molecule has 0 heterocycles. The first kappa shape index (κ1) is 10.7. The molecule has 1 atom stereocenters. The molecular weight excluding hydrogens is 168 g/mol. The average molecular weight is 180 g/mol. The summed E-state index contributed by atoms with van der Waals surface area (Å²) in [7, 11) is 0. The number of thiol groups is 1. The zero-order chi connectivity index (χ0) is 8.69. The first-order valence-corrected chi connectivity index (χ1v) is 3.89. The lowest BCUT2D eigenvalue weighted by Crippen LogP contribution is -2.20. The second-order valence-electron chi connectivity index (χ2n) is 2.01. The number of ether oxygens (including phenoxy) is 1. The Morgan fingerprint density at radius 3 is 2.73 bits per heavy atom. The Kier molecular flexibility index (Phi) is 6.30. The van der Waals surface area contributed by atoms with Gasteiger partial charge in [0.05, 0.1) is 11.9 Å². The van der Waals surface area contributed by atoms with Crippen molar-refractivity contribution in [2.45, 2.75) is 12.5 Å². The molecule has 0 fully saturated rings. The molecule has 0 saturated heterocycles. The van der Waals surface area contributed by atoms with E-state index in [2.05, 4.69) is 17.4 Å². The van der Waals surface area contributed by atoms with Crippen molar-refractivity contribution in [1.29, 1.82) is 0 Å². The number of rotatable bonds is 5. The van der Waals surface area contributed by atoms with Crippen molar-refractivity contribution in [3.63, 3.8) is 0 Å². The largest absolute Gasteiger partial charge is 0.462 e. The van der Waals surface area contributed by atoms with E-state index in [1.54, 1.807) is 0 Å². The Morgan fingerprint density at radius 1 is 1.64 bits per heavy atom. The molecule has 5 heteroatoms. The Morgan fingerprint density at radius 2 is 2.27 bits per heavy atom. The monoisotopic (exact) mass is 180 g/mol. The van der Waals surface area contributed by atoms with E-state index in [1.807, 2.05) is 0 Å². The van der Waals surface area contributed by atoms with Gasteiger partial charge in [-0.05, 0) is 6.42 Å². The van der Waals surface area contributed by atoms with Gasteiger partial charge < -0.3 is 14.9 Å². The highest BCUT2D eigenvalue weighted by Gasteiger charge is 2.05. The Bertz CT molecular complexity index is 117. The summed E-state index contributed by atoms with van der Waals surface area (Å²) in [6.45, 7) is -0.181. The summed E-state index contributed by atoms with van der Waals surface area (Å²) in [5.74, 6) is -0.461. The molecule has 2 N–H and O–H groups in total. The first-order valence-electron chi connectivity index (χ1n) is 3.26. The van der Waals surface area contributed by atoms with Crippen molar-refractivity contribution in [1.82, 2.24) is 0 Å². The molecule has 0 amide bonds. The SMILES string of the molecule is O=C(CS)OCC(O)CCO. The van der Waals surface area contributed by atoms with Gasteiger partial charge in [-0.3, -0.25) is 4.79 Å². The van der Waals surface area contributed by atoms with Crippen molar-refractivity contribution in [2.75, 3.05) is 19.0 Å². The van der Waals surface area contributed by atoms with Crippen LogP contribution >= 0.6 is 12.6 Å². The normalized spacial score (nSPS) is 12.6. The van der Waals surface area contributed by atoms with Crippen LogP contribution in [0.5, 0.6) is 0 Å². The molecule has 0 aliphatic rings. The van der Waals surface area contributed by atoms with E-state index in [9.17, 15) is 4.79 Å². The summed E-state index contributed by atoms with van der Waals surface area (Å²) in [5.41, 5.74) is 0. The third-order valence-electron chi connectivity index (χ3n) is 1.03. The van der Waals surface area contributed by atoms with Crippen LogP contribution in [-0.4, -0.2) is 41.3 Å². The fraction of sp³-hybridized carbons (Fsp3) is 0.833. The van der Waals surface area contributed by atoms with Gasteiger partial charge >= 0.3 is 5.97 Å². The minimum Gasteiger partial charge on any atom is -0.462 e. The molecule has 0 aromatic heterocycles. The first-order chi connectivity index (χ1) is 5.20. The van der Waals surface area contributed by atoms with E-state index in [0.717, 1.165) is 0 Å². The van der Waals surface area contributed by atoms with E-state index >= 15 is 0 Å². The molecule has 0 aromatic carbocycles. The van der Waals surface area contributed by atoms with Crippen LogP contribution in [0.25, 0.3) is 0 Å². The fourth-order valence-corrected chi connectivity index (χ4v) is 0.558. The lowest BCUT2D eigenvalue weighted by molar-refractivity contribution is -0.143. The summed E-state index contributed by atoms with van der Waals surface area (Å²) >= 11 is 3.66. The molecule has 0 aliphatic carbocycles. The smallest absolute Gasteiger partial charge is 0.315 e. The highest BCUT2D eigenvalue weighted by molar-refractivity contribution is 7.81. The molecule has 66 valence electrons. The summed E-state index contributed by atoms with van der Waals surface area (Å²) in [6.07, 6.45) is -0.552. The Balaban J connectivity index is 3.29. The highest BCUT2D eigenvalue weighted by Crippen LogP contribution is 1.92. The number of carbonyl (C=O) groups is 1. The molecular formula is C6H12O4S. The van der Waals surface area contributed by atoms with Crippen molar-refractivity contribution in [3.05, 3.63) is 0 Å². The number of aliphatic hydroxyl groups is 2. The molecule has 0 saturated carbocycles. The van der Waals surface area contributed by atoms with Gasteiger partial charge in [-0.1, -0.05) is 0 Å². The second-order valence-corrected chi connectivity index (χ2v) is 2.32. The third-order valence-corrected chi connectivity index (χ3v) is 1.29. The third kappa shape index (κ3) is 6.15. The Hall–Kier alpha value is -0.260. The van der Waals surface area contributed by atoms with Crippen LogP contribution in [0.3, 0.4) is 0 Å². The van der Waals surface area contributed by atoms with Gasteiger partial charge in [-0.2, -0.15) is 12.6 Å². The predicted molar refractivity (Wildman–Crippen MR) is 42.5 cm³/mol. The fourth-order valence-electron chi connectivity index (χ4n) is 0.467. The number of aliphatic hydroxyl groups excluding tert-OH is 2. The number of hydrogen-bond donors (Lipinski definition) is 3. The molecule has 0 aromatic rings. The van der Waals surface area contributed by atoms with Gasteiger partial charge in [0.2, 0.25) is 0 Å². The molecule has 0 radical (unpaired) electrons. The van der Waals surface area contributed by atoms with Gasteiger partial charge in [0.25, 0.3) is 0 Å². The summed E-state index contributed by atoms with van der Waals surface area (Å²) < 4.78 is 4.53. The molecule has 0 rings (SSSR count). The van der Waals surface area contributed by atoms with Crippen LogP contribution in [0.4, 0.5) is 0 Å². The summed E-state index contributed by atoms with van der Waals surface area (Å²) in [6, 6.07) is 0. The molecule has 11 heavy (non-hydrogen) atoms. The van der Waals surface area contributed by atoms with Crippen LogP contribution < -0.4 is 0 Å². The van der Waals surface area contributed by atoms with Crippen molar-refractivity contribution >= 4 is 18.6 Å². The van der Waals surface area contributed by atoms with Gasteiger partial charge in [-0.15, -0.1) is 0 Å². The van der Waals surface area contributed by atoms with Gasteiger partial charge in [-0.25, -0.2) is 0 Å². The summed E-state index contributed by atoms with van der Waals surface area (Å²) in [4.78, 5) is 10.4. The second kappa shape index (κ2) is 6.45. The van der Waals surface area contributed by atoms with Crippen molar-refractivity contribution in [2.24, 2.45) is 0 Å². The van der Waals surface area contributed by atoms with E-state index in [4.69, 9.17) is 10.2 Å². The van der Waals surface area contributed by atoms with Crippen molar-refractivity contribution in [3.8, 4) is 0 Å². The Labute approximate surface area is 70.6 Å². The molecule has 4 nitrogen and oxygen atoms in total. The lowest BCUT2D eigenvalue weighted by atomic mass is 10.3. The van der Waals surface area contributed by atoms with E-state index in [-0.39, 0.29) is 25.4 Å². The maximum atomic E-state index is 10.4. The maximum absolute atomic E-state index is 10.4. The van der Waals surface area contributed by atoms with E-state index in [1.165, 1.54) is 0 Å². The number of hydrogen-bond acceptors (Lipinski definition) is 5. The summed E-state index contributed by atoms with van der Waals surface area (Å²) in [5, 5.41) is 17.3. The van der Waals surface area contributed by atoms with Gasteiger partial charge in [0, 0.05) is 6.61 Å². The quantitative estimate of drug-likeness (QED) is 0.383.